The highest BCUT2D eigenvalue weighted by Crippen LogP contribution is 2.45. The van der Waals surface area contributed by atoms with Gasteiger partial charge in [-0.25, -0.2) is 18.0 Å². The maximum absolute atomic E-state index is 14.3. The number of esters is 1. The normalized spacial score (nSPS) is 13.3. The Kier molecular flexibility index (Phi) is 5.39. The summed E-state index contributed by atoms with van der Waals surface area (Å²) in [4.78, 5) is 31.7. The number of carbonyl (C=O) groups excluding carboxylic acids is 2. The van der Waals surface area contributed by atoms with Gasteiger partial charge in [0, 0.05) is 24.4 Å². The van der Waals surface area contributed by atoms with Gasteiger partial charge in [-0.15, -0.1) is 0 Å². The Labute approximate surface area is 176 Å². The van der Waals surface area contributed by atoms with Crippen LogP contribution in [-0.2, 0) is 4.74 Å². The maximum atomic E-state index is 14.3. The van der Waals surface area contributed by atoms with E-state index in [2.05, 4.69) is 4.98 Å². The van der Waals surface area contributed by atoms with Gasteiger partial charge in [0.25, 0.3) is 5.91 Å². The molecule has 1 aliphatic carbocycles. The summed E-state index contributed by atoms with van der Waals surface area (Å²) >= 11 is 0. The van der Waals surface area contributed by atoms with Crippen molar-refractivity contribution < 1.29 is 27.5 Å². The van der Waals surface area contributed by atoms with Crippen molar-refractivity contribution in [2.75, 3.05) is 18.6 Å². The van der Waals surface area contributed by atoms with Crippen LogP contribution in [0.25, 0.3) is 10.9 Å². The third-order valence-electron chi connectivity index (χ3n) is 5.19. The number of rotatable bonds is 5. The Morgan fingerprint density at radius 1 is 1.10 bits per heavy atom. The first kappa shape index (κ1) is 20.8. The molecule has 0 atom stereocenters. The number of amides is 1. The number of aromatic nitrogens is 1. The number of nitrogens with zero attached hydrogens (tertiary/aromatic N) is 2. The highest BCUT2D eigenvalue weighted by atomic mass is 19.1. The van der Waals surface area contributed by atoms with Gasteiger partial charge in [0.1, 0.15) is 23.0 Å². The quantitative estimate of drug-likeness (QED) is 0.538. The lowest BCUT2D eigenvalue weighted by Crippen LogP contribution is -2.30. The largest absolute Gasteiger partial charge is 0.462 e. The number of pyridine rings is 1. The van der Waals surface area contributed by atoms with Crippen LogP contribution in [0.3, 0.4) is 0 Å². The maximum Gasteiger partial charge on any atom is 0.342 e. The van der Waals surface area contributed by atoms with Crippen LogP contribution in [0.1, 0.15) is 52.1 Å². The van der Waals surface area contributed by atoms with Crippen LogP contribution in [-0.4, -0.2) is 30.5 Å². The van der Waals surface area contributed by atoms with E-state index in [1.54, 1.807) is 6.92 Å². The van der Waals surface area contributed by atoms with Gasteiger partial charge in [-0.1, -0.05) is 0 Å². The first-order valence-corrected chi connectivity index (χ1v) is 9.85. The molecule has 1 fully saturated rings. The van der Waals surface area contributed by atoms with Crippen LogP contribution >= 0.6 is 0 Å². The molecular weight excluding hydrogens is 409 g/mol. The summed E-state index contributed by atoms with van der Waals surface area (Å²) in [5, 5.41) is 0.214. The lowest BCUT2D eigenvalue weighted by Gasteiger charge is -2.24. The van der Waals surface area contributed by atoms with E-state index >= 15 is 0 Å². The molecule has 1 saturated carbocycles. The van der Waals surface area contributed by atoms with Crippen molar-refractivity contribution in [3.63, 3.8) is 0 Å². The predicted molar refractivity (Wildman–Crippen MR) is 109 cm³/mol. The van der Waals surface area contributed by atoms with Crippen molar-refractivity contribution >= 4 is 28.5 Å². The molecule has 31 heavy (non-hydrogen) atoms. The molecule has 1 amide bonds. The van der Waals surface area contributed by atoms with Crippen molar-refractivity contribution in [1.29, 1.82) is 0 Å². The third kappa shape index (κ3) is 3.85. The van der Waals surface area contributed by atoms with Crippen molar-refractivity contribution in [1.82, 2.24) is 4.98 Å². The minimum atomic E-state index is -1.04. The Morgan fingerprint density at radius 3 is 2.42 bits per heavy atom. The topological polar surface area (TPSA) is 59.5 Å². The number of hydrogen-bond acceptors (Lipinski definition) is 4. The van der Waals surface area contributed by atoms with Gasteiger partial charge in [-0.2, -0.15) is 0 Å². The second-order valence-electron chi connectivity index (χ2n) is 7.37. The van der Waals surface area contributed by atoms with Crippen molar-refractivity contribution in [3.8, 4) is 0 Å². The summed E-state index contributed by atoms with van der Waals surface area (Å²) in [6, 6.07) is 6.47. The average Bonchev–Trinajstić information content (AvgIpc) is 3.57. The fraction of sp³-hybridized carbons (Fsp3) is 0.261. The second kappa shape index (κ2) is 8.02. The molecule has 0 unspecified atom stereocenters. The van der Waals surface area contributed by atoms with Crippen LogP contribution in [0.2, 0.25) is 0 Å². The summed E-state index contributed by atoms with van der Waals surface area (Å²) in [5.41, 5.74) is 0.616. The number of fused-ring (bicyclic) bond motifs is 1. The van der Waals surface area contributed by atoms with E-state index in [1.807, 2.05) is 0 Å². The van der Waals surface area contributed by atoms with Gasteiger partial charge in [-0.05, 0) is 50.1 Å². The van der Waals surface area contributed by atoms with Gasteiger partial charge in [0.15, 0.2) is 0 Å². The molecule has 1 heterocycles. The van der Waals surface area contributed by atoms with E-state index in [-0.39, 0.29) is 34.7 Å². The number of carbonyl (C=O) groups is 2. The molecule has 1 aliphatic rings. The third-order valence-corrected chi connectivity index (χ3v) is 5.19. The van der Waals surface area contributed by atoms with E-state index in [1.165, 1.54) is 25.2 Å². The van der Waals surface area contributed by atoms with Crippen LogP contribution in [0.15, 0.2) is 36.4 Å². The molecule has 4 rings (SSSR count). The molecule has 0 bridgehead atoms. The number of anilines is 1. The first-order valence-electron chi connectivity index (χ1n) is 9.85. The van der Waals surface area contributed by atoms with Crippen LogP contribution in [0.5, 0.6) is 0 Å². The minimum Gasteiger partial charge on any atom is -0.462 e. The van der Waals surface area contributed by atoms with Crippen LogP contribution in [0.4, 0.5) is 18.9 Å². The van der Waals surface area contributed by atoms with Crippen LogP contribution < -0.4 is 4.90 Å². The Morgan fingerprint density at radius 2 is 1.77 bits per heavy atom. The Bertz CT molecular complexity index is 1210. The van der Waals surface area contributed by atoms with Crippen molar-refractivity contribution in [3.05, 3.63) is 70.7 Å². The van der Waals surface area contributed by atoms with E-state index in [0.29, 0.717) is 17.3 Å². The van der Waals surface area contributed by atoms with Gasteiger partial charge < -0.3 is 9.64 Å². The predicted octanol–water partition coefficient (Wildman–Crippen LogP) is 4.98. The number of halogens is 3. The highest BCUT2D eigenvalue weighted by Gasteiger charge is 2.35. The molecule has 0 saturated heterocycles. The second-order valence-corrected chi connectivity index (χ2v) is 7.37. The summed E-state index contributed by atoms with van der Waals surface area (Å²) in [7, 11) is 1.35. The zero-order valence-electron chi connectivity index (χ0n) is 16.9. The lowest BCUT2D eigenvalue weighted by atomic mass is 10.0. The Hall–Kier alpha value is -3.42. The van der Waals surface area contributed by atoms with Gasteiger partial charge in [-0.3, -0.25) is 9.78 Å². The fourth-order valence-corrected chi connectivity index (χ4v) is 3.59. The number of benzene rings is 2. The van der Waals surface area contributed by atoms with Crippen molar-refractivity contribution in [2.24, 2.45) is 0 Å². The molecule has 1 aromatic heterocycles. The zero-order valence-corrected chi connectivity index (χ0v) is 16.9. The summed E-state index contributed by atoms with van der Waals surface area (Å²) in [6.07, 6.45) is 1.63. The van der Waals surface area contributed by atoms with E-state index < -0.39 is 29.3 Å². The zero-order chi connectivity index (χ0) is 22.3. The molecule has 5 nitrogen and oxygen atoms in total. The van der Waals surface area contributed by atoms with Gasteiger partial charge in [0.2, 0.25) is 0 Å². The molecule has 0 spiro atoms. The molecule has 0 radical (unpaired) electrons. The molecule has 0 N–H and O–H groups in total. The van der Waals surface area contributed by atoms with E-state index in [9.17, 15) is 22.8 Å². The van der Waals surface area contributed by atoms with Gasteiger partial charge in [0.05, 0.1) is 29.1 Å². The number of ether oxygens (including phenoxy) is 1. The summed E-state index contributed by atoms with van der Waals surface area (Å²) < 4.78 is 46.9. The van der Waals surface area contributed by atoms with Crippen LogP contribution in [0, 0.1) is 17.5 Å². The molecule has 2 aromatic carbocycles. The van der Waals surface area contributed by atoms with Crippen molar-refractivity contribution in [2.45, 2.75) is 25.7 Å². The smallest absolute Gasteiger partial charge is 0.342 e. The minimum absolute atomic E-state index is 0.0127. The number of hydrogen-bond donors (Lipinski definition) is 0. The first-order chi connectivity index (χ1) is 14.8. The molecule has 8 heteroatoms. The van der Waals surface area contributed by atoms with E-state index in [0.717, 1.165) is 29.9 Å². The standard InChI is InChI=1S/C23H19F3N2O3/c1-3-31-23(30)19-20(12-4-5-12)27-18-9-7-13(24)10-16(18)21(19)28(2)22(29)15-8-6-14(25)11-17(15)26/h6-12H,3-5H2,1-2H3. The lowest BCUT2D eigenvalue weighted by molar-refractivity contribution is 0.0525. The van der Waals surface area contributed by atoms with E-state index in [4.69, 9.17) is 4.74 Å². The average molecular weight is 428 g/mol. The highest BCUT2D eigenvalue weighted by molar-refractivity contribution is 6.15. The molecular formula is C23H19F3N2O3. The molecule has 160 valence electrons. The molecule has 0 aliphatic heterocycles. The fourth-order valence-electron chi connectivity index (χ4n) is 3.59. The van der Waals surface area contributed by atoms with Gasteiger partial charge >= 0.3 is 5.97 Å². The molecule has 3 aromatic rings. The Balaban J connectivity index is 1.97. The monoisotopic (exact) mass is 428 g/mol. The summed E-state index contributed by atoms with van der Waals surface area (Å²) in [5.74, 6) is -3.95. The summed E-state index contributed by atoms with van der Waals surface area (Å²) in [6.45, 7) is 1.74. The SMILES string of the molecule is CCOC(=O)c1c(C2CC2)nc2ccc(F)cc2c1N(C)C(=O)c1ccc(F)cc1F.